The van der Waals surface area contributed by atoms with E-state index in [4.69, 9.17) is 9.84 Å². The van der Waals surface area contributed by atoms with Gasteiger partial charge in [-0.25, -0.2) is 4.79 Å². The molecule has 0 amide bonds. The van der Waals surface area contributed by atoms with Crippen molar-refractivity contribution >= 4 is 11.9 Å². The molecule has 5 heteroatoms. The molecule has 0 fully saturated rings. The second-order valence-electron chi connectivity index (χ2n) is 5.73. The van der Waals surface area contributed by atoms with E-state index in [1.807, 2.05) is 0 Å². The van der Waals surface area contributed by atoms with E-state index in [0.29, 0.717) is 6.42 Å². The normalized spacial score (nSPS) is 17.3. The third-order valence-electron chi connectivity index (χ3n) is 3.71. The molecule has 0 aromatic carbocycles. The zero-order valence-corrected chi connectivity index (χ0v) is 13.5. The van der Waals surface area contributed by atoms with E-state index in [2.05, 4.69) is 11.7 Å². The Kier molecular flexibility index (Phi) is 9.55. The van der Waals surface area contributed by atoms with E-state index in [0.717, 1.165) is 19.3 Å². The highest BCUT2D eigenvalue weighted by Gasteiger charge is 2.24. The number of cyclic esters (lactones) is 1. The summed E-state index contributed by atoms with van der Waals surface area (Å²) in [4.78, 5) is 22.7. The molecule has 22 heavy (non-hydrogen) atoms. The van der Waals surface area contributed by atoms with Crippen molar-refractivity contribution < 1.29 is 24.2 Å². The third kappa shape index (κ3) is 8.17. The van der Waals surface area contributed by atoms with Gasteiger partial charge in [0.15, 0.2) is 0 Å². The second-order valence-corrected chi connectivity index (χ2v) is 5.73. The summed E-state index contributed by atoms with van der Waals surface area (Å²) in [6.45, 7) is 2.10. The van der Waals surface area contributed by atoms with Gasteiger partial charge in [0.1, 0.15) is 6.61 Å². The smallest absolute Gasteiger partial charge is 0.339 e. The maximum absolute atomic E-state index is 11.5. The van der Waals surface area contributed by atoms with Crippen LogP contribution in [0.1, 0.15) is 71.1 Å². The van der Waals surface area contributed by atoms with Crippen molar-refractivity contribution in [2.45, 2.75) is 77.4 Å². The van der Waals surface area contributed by atoms with E-state index < -0.39 is 12.3 Å². The Morgan fingerprint density at radius 3 is 2.27 bits per heavy atom. The summed E-state index contributed by atoms with van der Waals surface area (Å²) in [5.74, 6) is -0.929. The molecular formula is C17H28O5. The number of hydrogen-bond acceptors (Lipinski definition) is 5. The Balaban J connectivity index is 1.94. The van der Waals surface area contributed by atoms with Crippen LogP contribution in [-0.2, 0) is 19.1 Å². The molecular weight excluding hydrogens is 284 g/mol. The first kappa shape index (κ1) is 18.7. The topological polar surface area (TPSA) is 72.8 Å². The lowest BCUT2D eigenvalue weighted by Gasteiger charge is -2.04. The Hall–Kier alpha value is -1.36. The number of carbonyl (C=O) groups excluding carboxylic acids is 2. The number of esters is 2. The van der Waals surface area contributed by atoms with Crippen molar-refractivity contribution in [1.29, 1.82) is 0 Å². The molecule has 126 valence electrons. The Labute approximate surface area is 132 Å². The molecule has 1 atom stereocenters. The van der Waals surface area contributed by atoms with Gasteiger partial charge in [-0.1, -0.05) is 58.3 Å². The van der Waals surface area contributed by atoms with Crippen LogP contribution in [0.3, 0.4) is 0 Å². The molecule has 0 spiro atoms. The number of aliphatic hydroxyl groups is 1. The molecule has 1 unspecified atom stereocenters. The van der Waals surface area contributed by atoms with Crippen LogP contribution >= 0.6 is 0 Å². The predicted molar refractivity (Wildman–Crippen MR) is 83.0 cm³/mol. The summed E-state index contributed by atoms with van der Waals surface area (Å²) >= 11 is 0. The van der Waals surface area contributed by atoms with Gasteiger partial charge in [-0.15, -0.1) is 0 Å². The van der Waals surface area contributed by atoms with Crippen LogP contribution in [-0.4, -0.2) is 29.9 Å². The molecule has 0 aromatic rings. The Morgan fingerprint density at radius 2 is 1.73 bits per heavy atom. The van der Waals surface area contributed by atoms with E-state index in [1.165, 1.54) is 44.6 Å². The zero-order valence-electron chi connectivity index (χ0n) is 13.5. The van der Waals surface area contributed by atoms with Crippen molar-refractivity contribution in [2.75, 3.05) is 6.61 Å². The van der Waals surface area contributed by atoms with Crippen molar-refractivity contribution in [2.24, 2.45) is 0 Å². The highest BCUT2D eigenvalue weighted by Crippen LogP contribution is 2.13. The zero-order chi connectivity index (χ0) is 16.2. The molecule has 1 heterocycles. The summed E-state index contributed by atoms with van der Waals surface area (Å²) in [6, 6.07) is 0. The van der Waals surface area contributed by atoms with Gasteiger partial charge in [0.05, 0.1) is 5.57 Å². The highest BCUT2D eigenvalue weighted by molar-refractivity contribution is 5.91. The van der Waals surface area contributed by atoms with E-state index >= 15 is 0 Å². The van der Waals surface area contributed by atoms with Crippen LogP contribution in [0, 0.1) is 0 Å². The second kappa shape index (κ2) is 11.2. The van der Waals surface area contributed by atoms with Gasteiger partial charge in [0.2, 0.25) is 6.29 Å². The van der Waals surface area contributed by atoms with Gasteiger partial charge < -0.3 is 14.6 Å². The highest BCUT2D eigenvalue weighted by atomic mass is 16.6. The first-order chi connectivity index (χ1) is 10.6. The van der Waals surface area contributed by atoms with Gasteiger partial charge >= 0.3 is 11.9 Å². The summed E-state index contributed by atoms with van der Waals surface area (Å²) < 4.78 is 9.50. The fraction of sp³-hybridized carbons (Fsp3) is 0.765. The number of hydrogen-bond donors (Lipinski definition) is 1. The van der Waals surface area contributed by atoms with Crippen LogP contribution in [0.25, 0.3) is 0 Å². The molecule has 1 aliphatic rings. The van der Waals surface area contributed by atoms with E-state index in [1.54, 1.807) is 0 Å². The lowest BCUT2D eigenvalue weighted by atomic mass is 10.1. The minimum Gasteiger partial charge on any atom is -0.461 e. The van der Waals surface area contributed by atoms with Crippen molar-refractivity contribution in [1.82, 2.24) is 0 Å². The maximum atomic E-state index is 11.5. The quantitative estimate of drug-likeness (QED) is 0.442. The molecule has 5 nitrogen and oxygen atoms in total. The maximum Gasteiger partial charge on any atom is 0.339 e. The average Bonchev–Trinajstić information content (AvgIpc) is 2.81. The monoisotopic (exact) mass is 312 g/mol. The van der Waals surface area contributed by atoms with Gasteiger partial charge in [-0.05, 0) is 12.5 Å². The van der Waals surface area contributed by atoms with Gasteiger partial charge in [0, 0.05) is 6.42 Å². The fourth-order valence-corrected chi connectivity index (χ4v) is 2.38. The third-order valence-corrected chi connectivity index (χ3v) is 3.71. The number of unbranched alkanes of at least 4 members (excludes halogenated alkanes) is 8. The summed E-state index contributed by atoms with van der Waals surface area (Å²) in [5.41, 5.74) is 0.202. The fourth-order valence-electron chi connectivity index (χ4n) is 2.38. The minimum absolute atomic E-state index is 0.119. The number of carbonyl (C=O) groups is 2. The lowest BCUT2D eigenvalue weighted by molar-refractivity contribution is -0.152. The molecule has 0 bridgehead atoms. The number of ether oxygens (including phenoxy) is 2. The first-order valence-electron chi connectivity index (χ1n) is 8.39. The van der Waals surface area contributed by atoms with Gasteiger partial charge in [0.25, 0.3) is 0 Å². The van der Waals surface area contributed by atoms with Gasteiger partial charge in [-0.2, -0.15) is 0 Å². The summed E-state index contributed by atoms with van der Waals surface area (Å²) in [6.07, 6.45) is 11.2. The van der Waals surface area contributed by atoms with Crippen LogP contribution in [0.4, 0.5) is 0 Å². The summed E-state index contributed by atoms with van der Waals surface area (Å²) in [5, 5.41) is 9.07. The summed E-state index contributed by atoms with van der Waals surface area (Å²) in [7, 11) is 0. The SMILES string of the molecule is CCCCCCCCCCCC(=O)OCC1=CC(O)OC1=O. The van der Waals surface area contributed by atoms with Crippen molar-refractivity contribution in [3.63, 3.8) is 0 Å². The van der Waals surface area contributed by atoms with E-state index in [-0.39, 0.29) is 18.1 Å². The molecule has 0 aromatic heterocycles. The lowest BCUT2D eigenvalue weighted by Crippen LogP contribution is -2.12. The minimum atomic E-state index is -1.21. The Morgan fingerprint density at radius 1 is 1.14 bits per heavy atom. The molecule has 1 aliphatic heterocycles. The molecule has 1 rings (SSSR count). The molecule has 0 saturated heterocycles. The molecule has 0 saturated carbocycles. The van der Waals surface area contributed by atoms with Crippen LogP contribution in [0.5, 0.6) is 0 Å². The Bertz CT molecular complexity index is 375. The molecule has 1 N–H and O–H groups in total. The van der Waals surface area contributed by atoms with Crippen molar-refractivity contribution in [3.05, 3.63) is 11.6 Å². The number of aliphatic hydroxyl groups excluding tert-OH is 1. The standard InChI is InChI=1S/C17H28O5/c1-2-3-4-5-6-7-8-9-10-11-15(18)21-13-14-12-16(19)22-17(14)20/h12,16,19H,2-11,13H2,1H3. The largest absolute Gasteiger partial charge is 0.461 e. The first-order valence-corrected chi connectivity index (χ1v) is 8.39. The molecule has 0 radical (unpaired) electrons. The van der Waals surface area contributed by atoms with E-state index in [9.17, 15) is 9.59 Å². The van der Waals surface area contributed by atoms with Crippen molar-refractivity contribution in [3.8, 4) is 0 Å². The van der Waals surface area contributed by atoms with Crippen LogP contribution in [0.2, 0.25) is 0 Å². The molecule has 0 aliphatic carbocycles. The van der Waals surface area contributed by atoms with Gasteiger partial charge in [-0.3, -0.25) is 4.79 Å². The van der Waals surface area contributed by atoms with Crippen LogP contribution < -0.4 is 0 Å². The predicted octanol–water partition coefficient (Wildman–Crippen LogP) is 3.25. The average molecular weight is 312 g/mol. The number of rotatable bonds is 12. The van der Waals surface area contributed by atoms with Crippen LogP contribution in [0.15, 0.2) is 11.6 Å².